The number of nitrogens with zero attached hydrogens (tertiary/aromatic N) is 2. The van der Waals surface area contributed by atoms with Crippen molar-refractivity contribution in [2.24, 2.45) is 5.92 Å². The zero-order valence-electron chi connectivity index (χ0n) is 15.3. The predicted octanol–water partition coefficient (Wildman–Crippen LogP) is 2.64. The first-order valence-electron chi connectivity index (χ1n) is 8.92. The summed E-state index contributed by atoms with van der Waals surface area (Å²) >= 11 is 0. The van der Waals surface area contributed by atoms with E-state index in [1.54, 1.807) is 10.8 Å². The number of hydrogen-bond donors (Lipinski definition) is 1. The van der Waals surface area contributed by atoms with Crippen molar-refractivity contribution >= 4 is 11.8 Å². The van der Waals surface area contributed by atoms with E-state index < -0.39 is 12.0 Å². The van der Waals surface area contributed by atoms with E-state index in [9.17, 15) is 14.4 Å². The number of carbonyl (C=O) groups is 2. The normalized spacial score (nSPS) is 16.6. The van der Waals surface area contributed by atoms with E-state index in [2.05, 4.69) is 11.8 Å². The SMILES string of the molecule is CC(c1ccc(=O)n(C(CC2CC2)C(=O)CCCC(=O)O)c1)N(C)C. The highest BCUT2D eigenvalue weighted by Gasteiger charge is 2.30. The van der Waals surface area contributed by atoms with E-state index in [1.807, 2.05) is 20.2 Å². The van der Waals surface area contributed by atoms with Gasteiger partial charge in [0.1, 0.15) is 0 Å². The van der Waals surface area contributed by atoms with Gasteiger partial charge in [-0.3, -0.25) is 14.4 Å². The Balaban J connectivity index is 2.24. The molecule has 1 aliphatic rings. The van der Waals surface area contributed by atoms with Crippen LogP contribution in [0.4, 0.5) is 0 Å². The van der Waals surface area contributed by atoms with Crippen LogP contribution in [-0.4, -0.2) is 40.4 Å². The molecule has 0 amide bonds. The van der Waals surface area contributed by atoms with E-state index in [0.29, 0.717) is 18.8 Å². The zero-order chi connectivity index (χ0) is 18.6. The van der Waals surface area contributed by atoms with Crippen molar-refractivity contribution in [3.05, 3.63) is 34.2 Å². The van der Waals surface area contributed by atoms with E-state index in [1.165, 1.54) is 6.07 Å². The third-order valence-corrected chi connectivity index (χ3v) is 4.99. The van der Waals surface area contributed by atoms with Gasteiger partial charge in [0.25, 0.3) is 5.56 Å². The summed E-state index contributed by atoms with van der Waals surface area (Å²) in [5, 5.41) is 8.76. The first kappa shape index (κ1) is 19.4. The van der Waals surface area contributed by atoms with Crippen molar-refractivity contribution in [1.82, 2.24) is 9.47 Å². The Morgan fingerprint density at radius 1 is 1.28 bits per heavy atom. The van der Waals surface area contributed by atoms with E-state index in [0.717, 1.165) is 18.4 Å². The summed E-state index contributed by atoms with van der Waals surface area (Å²) in [7, 11) is 3.94. The van der Waals surface area contributed by atoms with Crippen LogP contribution in [-0.2, 0) is 9.59 Å². The molecule has 1 saturated carbocycles. The third kappa shape index (κ3) is 5.53. The van der Waals surface area contributed by atoms with Gasteiger partial charge in [0.05, 0.1) is 6.04 Å². The lowest BCUT2D eigenvalue weighted by Gasteiger charge is -2.24. The van der Waals surface area contributed by atoms with Gasteiger partial charge in [-0.15, -0.1) is 0 Å². The molecule has 2 atom stereocenters. The molecule has 2 unspecified atom stereocenters. The fourth-order valence-corrected chi connectivity index (χ4v) is 2.96. The zero-order valence-corrected chi connectivity index (χ0v) is 15.3. The molecular formula is C19H28N2O4. The highest BCUT2D eigenvalue weighted by molar-refractivity contribution is 5.83. The van der Waals surface area contributed by atoms with Crippen LogP contribution in [0.5, 0.6) is 0 Å². The Labute approximate surface area is 148 Å². The minimum absolute atomic E-state index is 0.0194. The fraction of sp³-hybridized carbons (Fsp3) is 0.632. The van der Waals surface area contributed by atoms with Gasteiger partial charge >= 0.3 is 5.97 Å². The second kappa shape index (κ2) is 8.43. The summed E-state index contributed by atoms with van der Waals surface area (Å²) in [6.07, 6.45) is 5.17. The first-order chi connectivity index (χ1) is 11.8. The maximum atomic E-state index is 12.7. The summed E-state index contributed by atoms with van der Waals surface area (Å²) in [5.41, 5.74) is 0.815. The molecule has 1 N–H and O–H groups in total. The average Bonchev–Trinajstić information content (AvgIpc) is 3.36. The number of aliphatic carboxylic acids is 1. The Hall–Kier alpha value is -1.95. The predicted molar refractivity (Wildman–Crippen MR) is 95.7 cm³/mol. The maximum absolute atomic E-state index is 12.7. The van der Waals surface area contributed by atoms with Crippen molar-refractivity contribution in [3.63, 3.8) is 0 Å². The van der Waals surface area contributed by atoms with Crippen LogP contribution in [0, 0.1) is 5.92 Å². The molecule has 1 aliphatic carbocycles. The number of carboxylic acids is 1. The lowest BCUT2D eigenvalue weighted by atomic mass is 10.00. The number of carbonyl (C=O) groups excluding carboxylic acids is 1. The number of ketones is 1. The van der Waals surface area contributed by atoms with Gasteiger partial charge in [0.15, 0.2) is 5.78 Å². The Morgan fingerprint density at radius 3 is 2.52 bits per heavy atom. The summed E-state index contributed by atoms with van der Waals surface area (Å²) < 4.78 is 1.57. The van der Waals surface area contributed by atoms with Gasteiger partial charge in [-0.05, 0) is 45.3 Å². The molecule has 6 heteroatoms. The van der Waals surface area contributed by atoms with Crippen molar-refractivity contribution in [2.45, 2.75) is 57.5 Å². The summed E-state index contributed by atoms with van der Waals surface area (Å²) in [5.74, 6) is -0.439. The Bertz CT molecular complexity index is 676. The number of aromatic nitrogens is 1. The number of hydrogen-bond acceptors (Lipinski definition) is 4. The van der Waals surface area contributed by atoms with E-state index >= 15 is 0 Å². The van der Waals surface area contributed by atoms with Crippen LogP contribution < -0.4 is 5.56 Å². The molecule has 0 aromatic carbocycles. The van der Waals surface area contributed by atoms with E-state index in [-0.39, 0.29) is 30.2 Å². The van der Waals surface area contributed by atoms with E-state index in [4.69, 9.17) is 5.11 Å². The van der Waals surface area contributed by atoms with Crippen LogP contribution in [0.2, 0.25) is 0 Å². The standard InChI is InChI=1S/C19H28N2O4/c1-13(20(2)3)15-9-10-18(23)21(12-15)16(11-14-7-8-14)17(22)5-4-6-19(24)25/h9-10,12-14,16H,4-8,11H2,1-3H3,(H,24,25). The molecular weight excluding hydrogens is 320 g/mol. The molecule has 1 fully saturated rings. The largest absolute Gasteiger partial charge is 0.481 e. The summed E-state index contributed by atoms with van der Waals surface area (Å²) in [6, 6.07) is 2.99. The highest BCUT2D eigenvalue weighted by atomic mass is 16.4. The molecule has 138 valence electrons. The fourth-order valence-electron chi connectivity index (χ4n) is 2.96. The third-order valence-electron chi connectivity index (χ3n) is 4.99. The molecule has 0 spiro atoms. The maximum Gasteiger partial charge on any atom is 0.303 e. The van der Waals surface area contributed by atoms with Crippen molar-refractivity contribution in [3.8, 4) is 0 Å². The Kier molecular flexibility index (Phi) is 6.53. The smallest absolute Gasteiger partial charge is 0.303 e. The minimum atomic E-state index is -0.898. The van der Waals surface area contributed by atoms with Crippen LogP contribution in [0.15, 0.2) is 23.1 Å². The molecule has 25 heavy (non-hydrogen) atoms. The van der Waals surface area contributed by atoms with Gasteiger partial charge in [-0.25, -0.2) is 0 Å². The highest BCUT2D eigenvalue weighted by Crippen LogP contribution is 2.37. The first-order valence-corrected chi connectivity index (χ1v) is 8.92. The number of carboxylic acid groups (broad SMARTS) is 1. The van der Waals surface area contributed by atoms with Crippen LogP contribution in [0.3, 0.4) is 0 Å². The number of pyridine rings is 1. The topological polar surface area (TPSA) is 79.6 Å². The quantitative estimate of drug-likeness (QED) is 0.703. The molecule has 0 aliphatic heterocycles. The van der Waals surface area contributed by atoms with Crippen molar-refractivity contribution in [2.75, 3.05) is 14.1 Å². The summed E-state index contributed by atoms with van der Waals surface area (Å²) in [4.78, 5) is 37.8. The lowest BCUT2D eigenvalue weighted by molar-refractivity contribution is -0.137. The molecule has 6 nitrogen and oxygen atoms in total. The lowest BCUT2D eigenvalue weighted by Crippen LogP contribution is -2.31. The second-order valence-corrected chi connectivity index (χ2v) is 7.26. The van der Waals surface area contributed by atoms with Crippen LogP contribution in [0.25, 0.3) is 0 Å². The minimum Gasteiger partial charge on any atom is -0.481 e. The molecule has 0 radical (unpaired) electrons. The average molecular weight is 348 g/mol. The second-order valence-electron chi connectivity index (χ2n) is 7.26. The molecule has 1 aromatic rings. The van der Waals surface area contributed by atoms with Gasteiger partial charge < -0.3 is 14.6 Å². The summed E-state index contributed by atoms with van der Waals surface area (Å²) in [6.45, 7) is 2.05. The van der Waals surface area contributed by atoms with Gasteiger partial charge in [-0.1, -0.05) is 18.9 Å². The Morgan fingerprint density at radius 2 is 1.96 bits per heavy atom. The van der Waals surface area contributed by atoms with Crippen LogP contribution >= 0.6 is 0 Å². The monoisotopic (exact) mass is 348 g/mol. The van der Waals surface area contributed by atoms with Gasteiger partial charge in [-0.2, -0.15) is 0 Å². The molecule has 0 saturated heterocycles. The van der Waals surface area contributed by atoms with Gasteiger partial charge in [0.2, 0.25) is 0 Å². The van der Waals surface area contributed by atoms with Crippen molar-refractivity contribution in [1.29, 1.82) is 0 Å². The number of Topliss-reactive ketones (excluding diaryl/α,β-unsaturated/α-hetero) is 1. The van der Waals surface area contributed by atoms with Crippen LogP contribution in [0.1, 0.15) is 63.1 Å². The molecule has 1 heterocycles. The molecule has 1 aromatic heterocycles. The van der Waals surface area contributed by atoms with Crippen molar-refractivity contribution < 1.29 is 14.7 Å². The van der Waals surface area contributed by atoms with Gasteiger partial charge in [0, 0.05) is 31.1 Å². The number of rotatable bonds is 10. The molecule has 2 rings (SSSR count). The molecule has 0 bridgehead atoms.